The zero-order chi connectivity index (χ0) is 16.2. The molecule has 0 amide bonds. The first-order chi connectivity index (χ1) is 10.5. The molecule has 0 N–H and O–H groups in total. The van der Waals surface area contributed by atoms with Crippen molar-refractivity contribution in [3.8, 4) is 0 Å². The molecule has 0 radical (unpaired) electrons. The van der Waals surface area contributed by atoms with Gasteiger partial charge >= 0.3 is 5.97 Å². The minimum atomic E-state index is -0.309. The maximum atomic E-state index is 12.1. The monoisotopic (exact) mass is 306 g/mol. The smallest absolute Gasteiger partial charge is 0.309 e. The maximum Gasteiger partial charge on any atom is 0.309 e. The summed E-state index contributed by atoms with van der Waals surface area (Å²) in [5, 5.41) is 0. The number of hydrogen-bond donors (Lipinski definition) is 0. The first kappa shape index (κ1) is 17.0. The summed E-state index contributed by atoms with van der Waals surface area (Å²) in [6.45, 7) is 7.41. The number of methoxy groups -OCH3 is 1. The van der Waals surface area contributed by atoms with Crippen LogP contribution in [0.15, 0.2) is 24.3 Å². The Hall–Kier alpha value is -1.39. The standard InChI is InChI=1S/C18H26O4/c1-13-5-7-15(8-6-13)18(3,14(2)17(19)20-4)10-9-16-21-11-12-22-16/h5-8,14,16H,9-12H2,1-4H3. The van der Waals surface area contributed by atoms with Crippen molar-refractivity contribution in [3.05, 3.63) is 35.4 Å². The molecule has 2 rings (SSSR count). The molecule has 1 saturated heterocycles. The molecule has 122 valence electrons. The zero-order valence-corrected chi connectivity index (χ0v) is 13.9. The van der Waals surface area contributed by atoms with Crippen LogP contribution in [-0.2, 0) is 24.4 Å². The van der Waals surface area contributed by atoms with E-state index in [9.17, 15) is 4.79 Å². The molecule has 0 saturated carbocycles. The molecule has 4 nitrogen and oxygen atoms in total. The van der Waals surface area contributed by atoms with Gasteiger partial charge in [-0.1, -0.05) is 43.7 Å². The van der Waals surface area contributed by atoms with Gasteiger partial charge in [0, 0.05) is 5.41 Å². The fourth-order valence-corrected chi connectivity index (χ4v) is 2.97. The fraction of sp³-hybridized carbons (Fsp3) is 0.611. The lowest BCUT2D eigenvalue weighted by Crippen LogP contribution is -2.37. The Bertz CT molecular complexity index is 490. The van der Waals surface area contributed by atoms with Crippen LogP contribution in [-0.4, -0.2) is 32.6 Å². The van der Waals surface area contributed by atoms with E-state index in [1.165, 1.54) is 12.7 Å². The second-order valence-corrected chi connectivity index (χ2v) is 6.24. The number of hydrogen-bond acceptors (Lipinski definition) is 4. The zero-order valence-electron chi connectivity index (χ0n) is 13.9. The first-order valence-corrected chi connectivity index (χ1v) is 7.85. The van der Waals surface area contributed by atoms with Crippen LogP contribution in [0.5, 0.6) is 0 Å². The van der Waals surface area contributed by atoms with Gasteiger partial charge < -0.3 is 14.2 Å². The van der Waals surface area contributed by atoms with Crippen molar-refractivity contribution in [1.29, 1.82) is 0 Å². The molecular weight excluding hydrogens is 280 g/mol. The average Bonchev–Trinajstić information content (AvgIpc) is 3.05. The van der Waals surface area contributed by atoms with E-state index in [0.717, 1.165) is 18.4 Å². The molecule has 1 aliphatic rings. The molecule has 1 aromatic carbocycles. The van der Waals surface area contributed by atoms with Gasteiger partial charge in [-0.05, 0) is 25.3 Å². The Labute approximate surface area is 132 Å². The van der Waals surface area contributed by atoms with Crippen LogP contribution in [0.2, 0.25) is 0 Å². The predicted molar refractivity (Wildman–Crippen MR) is 84.6 cm³/mol. The molecule has 2 atom stereocenters. The summed E-state index contributed by atoms with van der Waals surface area (Å²) in [6.07, 6.45) is 1.41. The Morgan fingerprint density at radius 1 is 1.32 bits per heavy atom. The second kappa shape index (κ2) is 7.25. The fourth-order valence-electron chi connectivity index (χ4n) is 2.97. The molecule has 2 unspecified atom stereocenters. The third-order valence-corrected chi connectivity index (χ3v) is 4.81. The molecule has 1 fully saturated rings. The van der Waals surface area contributed by atoms with E-state index in [1.807, 2.05) is 6.92 Å². The van der Waals surface area contributed by atoms with E-state index in [1.54, 1.807) is 0 Å². The van der Waals surface area contributed by atoms with E-state index in [0.29, 0.717) is 13.2 Å². The second-order valence-electron chi connectivity index (χ2n) is 6.24. The molecule has 0 spiro atoms. The van der Waals surface area contributed by atoms with Crippen molar-refractivity contribution in [3.63, 3.8) is 0 Å². The lowest BCUT2D eigenvalue weighted by atomic mass is 9.69. The third kappa shape index (κ3) is 3.68. The van der Waals surface area contributed by atoms with Crippen LogP contribution in [0.3, 0.4) is 0 Å². The Morgan fingerprint density at radius 2 is 1.91 bits per heavy atom. The lowest BCUT2D eigenvalue weighted by molar-refractivity contribution is -0.147. The quantitative estimate of drug-likeness (QED) is 0.757. The van der Waals surface area contributed by atoms with E-state index >= 15 is 0 Å². The van der Waals surface area contributed by atoms with Gasteiger partial charge in [-0.15, -0.1) is 0 Å². The number of benzene rings is 1. The molecule has 22 heavy (non-hydrogen) atoms. The molecule has 0 bridgehead atoms. The van der Waals surface area contributed by atoms with Gasteiger partial charge in [0.05, 0.1) is 26.2 Å². The van der Waals surface area contributed by atoms with Crippen LogP contribution in [0.4, 0.5) is 0 Å². The highest BCUT2D eigenvalue weighted by Gasteiger charge is 2.38. The van der Waals surface area contributed by atoms with Crippen molar-refractivity contribution in [1.82, 2.24) is 0 Å². The lowest BCUT2D eigenvalue weighted by Gasteiger charge is -2.35. The molecular formula is C18H26O4. The van der Waals surface area contributed by atoms with Gasteiger partial charge in [-0.3, -0.25) is 4.79 Å². The van der Waals surface area contributed by atoms with Crippen molar-refractivity contribution >= 4 is 5.97 Å². The summed E-state index contributed by atoms with van der Waals surface area (Å²) in [6, 6.07) is 8.37. The Morgan fingerprint density at radius 3 is 2.45 bits per heavy atom. The number of ether oxygens (including phenoxy) is 3. The number of carbonyl (C=O) groups excluding carboxylic acids is 1. The van der Waals surface area contributed by atoms with E-state index in [2.05, 4.69) is 38.1 Å². The van der Waals surface area contributed by atoms with Crippen molar-refractivity contribution in [2.75, 3.05) is 20.3 Å². The van der Waals surface area contributed by atoms with Gasteiger partial charge in [0.2, 0.25) is 0 Å². The molecule has 0 aliphatic carbocycles. The van der Waals surface area contributed by atoms with Gasteiger partial charge in [0.1, 0.15) is 0 Å². The van der Waals surface area contributed by atoms with Crippen molar-refractivity contribution in [2.45, 2.75) is 45.3 Å². The molecule has 1 heterocycles. The number of esters is 1. The van der Waals surface area contributed by atoms with Gasteiger partial charge in [-0.2, -0.15) is 0 Å². The molecule has 1 aliphatic heterocycles. The average molecular weight is 306 g/mol. The largest absolute Gasteiger partial charge is 0.469 e. The van der Waals surface area contributed by atoms with E-state index in [4.69, 9.17) is 14.2 Å². The number of carbonyl (C=O) groups is 1. The normalized spacial score (nSPS) is 19.6. The summed E-state index contributed by atoms with van der Waals surface area (Å²) >= 11 is 0. The SMILES string of the molecule is COC(=O)C(C)C(C)(CCC1OCCO1)c1ccc(C)cc1. The summed E-state index contributed by atoms with van der Waals surface area (Å²) in [4.78, 5) is 12.1. The molecule has 0 aromatic heterocycles. The Balaban J connectivity index is 2.21. The van der Waals surface area contributed by atoms with Gasteiger partial charge in [0.25, 0.3) is 0 Å². The minimum Gasteiger partial charge on any atom is -0.469 e. The highest BCUT2D eigenvalue weighted by atomic mass is 16.7. The predicted octanol–water partition coefficient (Wildman–Crippen LogP) is 3.21. The third-order valence-electron chi connectivity index (χ3n) is 4.81. The van der Waals surface area contributed by atoms with Crippen LogP contribution in [0.1, 0.15) is 37.8 Å². The van der Waals surface area contributed by atoms with Crippen LogP contribution in [0.25, 0.3) is 0 Å². The highest BCUT2D eigenvalue weighted by molar-refractivity contribution is 5.74. The summed E-state index contributed by atoms with van der Waals surface area (Å²) in [7, 11) is 1.44. The Kier molecular flexibility index (Phi) is 5.59. The summed E-state index contributed by atoms with van der Waals surface area (Å²) in [5.74, 6) is -0.419. The highest BCUT2D eigenvalue weighted by Crippen LogP contribution is 2.38. The topological polar surface area (TPSA) is 44.8 Å². The molecule has 4 heteroatoms. The summed E-state index contributed by atoms with van der Waals surface area (Å²) in [5.41, 5.74) is 2.05. The number of aryl methyl sites for hydroxylation is 1. The molecule has 1 aromatic rings. The van der Waals surface area contributed by atoms with Crippen LogP contribution >= 0.6 is 0 Å². The van der Waals surface area contributed by atoms with Crippen molar-refractivity contribution in [2.24, 2.45) is 5.92 Å². The minimum absolute atomic E-state index is 0.158. The van der Waals surface area contributed by atoms with E-state index in [-0.39, 0.29) is 23.6 Å². The van der Waals surface area contributed by atoms with Crippen LogP contribution in [0, 0.1) is 12.8 Å². The summed E-state index contributed by atoms with van der Waals surface area (Å²) < 4.78 is 16.0. The van der Waals surface area contributed by atoms with E-state index < -0.39 is 0 Å². The van der Waals surface area contributed by atoms with Crippen molar-refractivity contribution < 1.29 is 19.0 Å². The number of rotatable bonds is 6. The first-order valence-electron chi connectivity index (χ1n) is 7.85. The van der Waals surface area contributed by atoms with Crippen LogP contribution < -0.4 is 0 Å². The van der Waals surface area contributed by atoms with Gasteiger partial charge in [0.15, 0.2) is 6.29 Å². The van der Waals surface area contributed by atoms with Gasteiger partial charge in [-0.25, -0.2) is 0 Å². The maximum absolute atomic E-state index is 12.1.